The Hall–Kier alpha value is -1.34. The smallest absolute Gasteiger partial charge is 0.238 e. The number of hydrogen-bond donors (Lipinski definition) is 3. The van der Waals surface area contributed by atoms with E-state index in [-0.39, 0.29) is 43.2 Å². The van der Waals surface area contributed by atoms with Crippen molar-refractivity contribution in [3.8, 4) is 0 Å². The lowest BCUT2D eigenvalue weighted by atomic mass is 10.2. The van der Waals surface area contributed by atoms with Crippen LogP contribution in [0.25, 0.3) is 0 Å². The van der Waals surface area contributed by atoms with Crippen LogP contribution in [0.15, 0.2) is 24.3 Å². The first-order chi connectivity index (χ1) is 9.51. The number of nitrogens with zero attached hydrogens (tertiary/aromatic N) is 1. The van der Waals surface area contributed by atoms with E-state index < -0.39 is 0 Å². The molecule has 8 heteroatoms. The number of carbonyl (C=O) groups is 2. The zero-order valence-corrected chi connectivity index (χ0v) is 14.6. The van der Waals surface area contributed by atoms with Gasteiger partial charge in [-0.1, -0.05) is 0 Å². The predicted molar refractivity (Wildman–Crippen MR) is 95.3 cm³/mol. The van der Waals surface area contributed by atoms with Gasteiger partial charge >= 0.3 is 0 Å². The van der Waals surface area contributed by atoms with Gasteiger partial charge in [-0.05, 0) is 45.4 Å². The molecule has 0 heterocycles. The van der Waals surface area contributed by atoms with Crippen LogP contribution in [0.4, 0.5) is 11.4 Å². The first-order valence-electron chi connectivity index (χ1n) is 6.50. The SMILES string of the molecule is CNCC(=O)Nc1ccc(NC(=O)CCN(C)C)cc1.Cl.Cl. The summed E-state index contributed by atoms with van der Waals surface area (Å²) in [4.78, 5) is 25.0. The molecule has 1 rings (SSSR count). The summed E-state index contributed by atoms with van der Waals surface area (Å²) >= 11 is 0. The van der Waals surface area contributed by atoms with Crippen molar-refractivity contribution in [3.05, 3.63) is 24.3 Å². The van der Waals surface area contributed by atoms with Crippen LogP contribution in [-0.4, -0.2) is 50.9 Å². The van der Waals surface area contributed by atoms with E-state index in [4.69, 9.17) is 0 Å². The maximum Gasteiger partial charge on any atom is 0.238 e. The normalized spacial score (nSPS) is 9.45. The van der Waals surface area contributed by atoms with Gasteiger partial charge in [-0.25, -0.2) is 0 Å². The number of benzene rings is 1. The van der Waals surface area contributed by atoms with Crippen LogP contribution in [0.2, 0.25) is 0 Å². The Labute approximate surface area is 143 Å². The molecule has 1 aromatic rings. The fourth-order valence-electron chi connectivity index (χ4n) is 1.55. The lowest BCUT2D eigenvalue weighted by molar-refractivity contribution is -0.116. The third kappa shape index (κ3) is 9.57. The largest absolute Gasteiger partial charge is 0.326 e. The molecule has 0 unspecified atom stereocenters. The summed E-state index contributed by atoms with van der Waals surface area (Å²) in [6, 6.07) is 7.05. The van der Waals surface area contributed by atoms with Gasteiger partial charge in [0.25, 0.3) is 0 Å². The average molecular weight is 351 g/mol. The molecule has 0 atom stereocenters. The topological polar surface area (TPSA) is 73.5 Å². The van der Waals surface area contributed by atoms with Gasteiger partial charge in [0.15, 0.2) is 0 Å². The first-order valence-corrected chi connectivity index (χ1v) is 6.50. The molecule has 2 amide bonds. The molecule has 0 aromatic heterocycles. The summed E-state index contributed by atoms with van der Waals surface area (Å²) in [6.07, 6.45) is 0.452. The van der Waals surface area contributed by atoms with Crippen molar-refractivity contribution in [3.63, 3.8) is 0 Å². The summed E-state index contributed by atoms with van der Waals surface area (Å²) in [7, 11) is 5.57. The van der Waals surface area contributed by atoms with Crippen LogP contribution < -0.4 is 16.0 Å². The zero-order valence-electron chi connectivity index (χ0n) is 13.0. The molecule has 1 aromatic carbocycles. The average Bonchev–Trinajstić information content (AvgIpc) is 2.39. The lowest BCUT2D eigenvalue weighted by Crippen LogP contribution is -2.25. The van der Waals surface area contributed by atoms with E-state index in [1.54, 1.807) is 31.3 Å². The molecule has 0 aliphatic carbocycles. The van der Waals surface area contributed by atoms with Crippen molar-refractivity contribution in [1.82, 2.24) is 10.2 Å². The fourth-order valence-corrected chi connectivity index (χ4v) is 1.55. The molecule has 0 aliphatic rings. The Bertz CT molecular complexity index is 453. The highest BCUT2D eigenvalue weighted by atomic mass is 35.5. The van der Waals surface area contributed by atoms with E-state index in [1.807, 2.05) is 19.0 Å². The minimum atomic E-state index is -0.102. The Morgan fingerprint density at radius 1 is 0.955 bits per heavy atom. The minimum absolute atomic E-state index is 0. The van der Waals surface area contributed by atoms with Crippen LogP contribution in [0, 0.1) is 0 Å². The van der Waals surface area contributed by atoms with E-state index in [0.717, 1.165) is 5.69 Å². The molecule has 0 bridgehead atoms. The highest BCUT2D eigenvalue weighted by Gasteiger charge is 2.04. The summed E-state index contributed by atoms with van der Waals surface area (Å²) in [6.45, 7) is 0.979. The number of carbonyl (C=O) groups excluding carboxylic acids is 2. The summed E-state index contributed by atoms with van der Waals surface area (Å²) < 4.78 is 0. The first kappa shape index (κ1) is 22.9. The Kier molecular flexibility index (Phi) is 12.7. The number of rotatable bonds is 7. The van der Waals surface area contributed by atoms with Crippen molar-refractivity contribution >= 4 is 48.0 Å². The second-order valence-corrected chi connectivity index (χ2v) is 4.76. The van der Waals surface area contributed by atoms with Crippen LogP contribution in [0.3, 0.4) is 0 Å². The number of amides is 2. The number of likely N-dealkylation sites (N-methyl/N-ethyl adjacent to an activating group) is 1. The van der Waals surface area contributed by atoms with Gasteiger partial charge in [-0.3, -0.25) is 9.59 Å². The third-order valence-corrected chi connectivity index (χ3v) is 2.58. The molecule has 0 saturated carbocycles. The van der Waals surface area contributed by atoms with Gasteiger partial charge < -0.3 is 20.9 Å². The van der Waals surface area contributed by atoms with E-state index in [0.29, 0.717) is 18.7 Å². The molecule has 3 N–H and O–H groups in total. The number of hydrogen-bond acceptors (Lipinski definition) is 4. The standard InChI is InChI=1S/C14H22N4O2.2ClH/c1-15-10-14(20)17-12-6-4-11(5-7-12)16-13(19)8-9-18(2)3;;/h4-7,15H,8-10H2,1-3H3,(H,16,19)(H,17,20);2*1H. The number of anilines is 2. The lowest BCUT2D eigenvalue weighted by Gasteiger charge is -2.10. The number of halogens is 2. The highest BCUT2D eigenvalue weighted by molar-refractivity contribution is 5.93. The molecule has 22 heavy (non-hydrogen) atoms. The van der Waals surface area contributed by atoms with E-state index in [2.05, 4.69) is 16.0 Å². The Balaban J connectivity index is 0. The van der Waals surface area contributed by atoms with Gasteiger partial charge in [0.2, 0.25) is 11.8 Å². The van der Waals surface area contributed by atoms with E-state index in [1.165, 1.54) is 0 Å². The molecule has 126 valence electrons. The van der Waals surface area contributed by atoms with Crippen LogP contribution >= 0.6 is 24.8 Å². The van der Waals surface area contributed by atoms with Gasteiger partial charge in [0, 0.05) is 24.3 Å². The van der Waals surface area contributed by atoms with Crippen molar-refractivity contribution < 1.29 is 9.59 Å². The number of nitrogens with one attached hydrogen (secondary N) is 3. The van der Waals surface area contributed by atoms with E-state index in [9.17, 15) is 9.59 Å². The van der Waals surface area contributed by atoms with E-state index >= 15 is 0 Å². The van der Waals surface area contributed by atoms with Crippen molar-refractivity contribution in [2.45, 2.75) is 6.42 Å². The predicted octanol–water partition coefficient (Wildman–Crippen LogP) is 1.58. The molecule has 6 nitrogen and oxygen atoms in total. The molecule has 0 aliphatic heterocycles. The molecule has 0 fully saturated rings. The zero-order chi connectivity index (χ0) is 15.0. The highest BCUT2D eigenvalue weighted by Crippen LogP contribution is 2.13. The fraction of sp³-hybridized carbons (Fsp3) is 0.429. The maximum absolute atomic E-state index is 11.6. The van der Waals surface area contributed by atoms with Gasteiger partial charge in [0.05, 0.1) is 6.54 Å². The maximum atomic E-state index is 11.6. The quantitative estimate of drug-likeness (QED) is 0.697. The van der Waals surface area contributed by atoms with Crippen molar-refractivity contribution in [2.24, 2.45) is 0 Å². The van der Waals surface area contributed by atoms with Crippen molar-refractivity contribution in [2.75, 3.05) is 44.9 Å². The molecular weight excluding hydrogens is 327 g/mol. The minimum Gasteiger partial charge on any atom is -0.326 e. The van der Waals surface area contributed by atoms with Gasteiger partial charge in [-0.2, -0.15) is 0 Å². The summed E-state index contributed by atoms with van der Waals surface area (Å²) in [5, 5.41) is 8.33. The molecule has 0 radical (unpaired) electrons. The van der Waals surface area contributed by atoms with Crippen LogP contribution in [0.5, 0.6) is 0 Å². The Morgan fingerprint density at radius 2 is 1.41 bits per heavy atom. The van der Waals surface area contributed by atoms with Crippen LogP contribution in [0.1, 0.15) is 6.42 Å². The summed E-state index contributed by atoms with van der Waals surface area (Å²) in [5.74, 6) is -0.124. The van der Waals surface area contributed by atoms with Crippen LogP contribution in [-0.2, 0) is 9.59 Å². The molecular formula is C14H24Cl2N4O2. The summed E-state index contributed by atoms with van der Waals surface area (Å²) in [5.41, 5.74) is 1.43. The van der Waals surface area contributed by atoms with Crippen molar-refractivity contribution in [1.29, 1.82) is 0 Å². The second kappa shape index (κ2) is 12.2. The molecule has 0 spiro atoms. The Morgan fingerprint density at radius 3 is 1.82 bits per heavy atom. The molecule has 0 saturated heterocycles. The monoisotopic (exact) mass is 350 g/mol. The second-order valence-electron chi connectivity index (χ2n) is 4.76. The van der Waals surface area contributed by atoms with Gasteiger partial charge in [-0.15, -0.1) is 24.8 Å². The van der Waals surface area contributed by atoms with Gasteiger partial charge in [0.1, 0.15) is 0 Å². The third-order valence-electron chi connectivity index (χ3n) is 2.58.